The Morgan fingerprint density at radius 3 is 2.47 bits per heavy atom. The van der Waals surface area contributed by atoms with Crippen LogP contribution in [0, 0.1) is 0 Å². The summed E-state index contributed by atoms with van der Waals surface area (Å²) >= 11 is 1.47. The van der Waals surface area contributed by atoms with Gasteiger partial charge >= 0.3 is 0 Å². The van der Waals surface area contributed by atoms with Crippen molar-refractivity contribution in [3.05, 3.63) is 41.7 Å². The van der Waals surface area contributed by atoms with Crippen LogP contribution < -0.4 is 5.73 Å². The summed E-state index contributed by atoms with van der Waals surface area (Å²) in [5.74, 6) is 1.11. The van der Waals surface area contributed by atoms with E-state index in [2.05, 4.69) is 34.0 Å². The summed E-state index contributed by atoms with van der Waals surface area (Å²) in [5, 5.41) is 0.662. The third-order valence-corrected chi connectivity index (χ3v) is 3.07. The van der Waals surface area contributed by atoms with Crippen molar-refractivity contribution in [2.75, 3.05) is 12.0 Å². The highest BCUT2D eigenvalue weighted by molar-refractivity contribution is 7.98. The number of thioether (sulfide) groups is 1. The standard InChI is InChI=1S/C12H14N4S/c1-8(9-6-4-3-5-7-9)10-14-11(13)16-12(15-10)17-2/h3-8H,1-2H3,(H2,13,14,15,16). The molecule has 88 valence electrons. The Kier molecular flexibility index (Phi) is 3.58. The second kappa shape index (κ2) is 5.14. The van der Waals surface area contributed by atoms with Crippen molar-refractivity contribution in [1.82, 2.24) is 15.0 Å². The lowest BCUT2D eigenvalue weighted by Gasteiger charge is -2.11. The second-order valence-electron chi connectivity index (χ2n) is 3.67. The number of anilines is 1. The molecule has 0 radical (unpaired) electrons. The largest absolute Gasteiger partial charge is 0.368 e. The molecule has 0 saturated heterocycles. The molecule has 0 aliphatic carbocycles. The molecule has 0 saturated carbocycles. The summed E-state index contributed by atoms with van der Waals surface area (Å²) in [6, 6.07) is 10.1. The van der Waals surface area contributed by atoms with E-state index in [0.717, 1.165) is 0 Å². The maximum Gasteiger partial charge on any atom is 0.224 e. The molecule has 1 unspecified atom stereocenters. The van der Waals surface area contributed by atoms with Crippen molar-refractivity contribution in [1.29, 1.82) is 0 Å². The van der Waals surface area contributed by atoms with Crippen LogP contribution in [0.3, 0.4) is 0 Å². The van der Waals surface area contributed by atoms with Crippen LogP contribution in [0.15, 0.2) is 35.5 Å². The van der Waals surface area contributed by atoms with Gasteiger partial charge in [-0.05, 0) is 11.8 Å². The van der Waals surface area contributed by atoms with Crippen molar-refractivity contribution in [3.8, 4) is 0 Å². The molecule has 1 atom stereocenters. The van der Waals surface area contributed by atoms with Gasteiger partial charge in [0.25, 0.3) is 0 Å². The van der Waals surface area contributed by atoms with Gasteiger partial charge in [-0.25, -0.2) is 4.98 Å². The Hall–Kier alpha value is -1.62. The molecular formula is C12H14N4S. The molecule has 1 aromatic carbocycles. The fraction of sp³-hybridized carbons (Fsp3) is 0.250. The van der Waals surface area contributed by atoms with Gasteiger partial charge in [-0.15, -0.1) is 0 Å². The average molecular weight is 246 g/mol. The molecule has 0 fully saturated rings. The number of nitrogen functional groups attached to an aromatic ring is 1. The lowest BCUT2D eigenvalue weighted by molar-refractivity contribution is 0.758. The Labute approximate surface area is 105 Å². The quantitative estimate of drug-likeness (QED) is 0.842. The van der Waals surface area contributed by atoms with E-state index < -0.39 is 0 Å². The Morgan fingerprint density at radius 2 is 1.82 bits per heavy atom. The smallest absolute Gasteiger partial charge is 0.224 e. The molecule has 0 aliphatic heterocycles. The van der Waals surface area contributed by atoms with Crippen LogP contribution in [-0.2, 0) is 0 Å². The third kappa shape index (κ3) is 2.74. The van der Waals surface area contributed by atoms with Gasteiger partial charge in [-0.2, -0.15) is 9.97 Å². The molecule has 17 heavy (non-hydrogen) atoms. The van der Waals surface area contributed by atoms with E-state index >= 15 is 0 Å². The van der Waals surface area contributed by atoms with E-state index in [-0.39, 0.29) is 11.9 Å². The second-order valence-corrected chi connectivity index (χ2v) is 4.44. The molecule has 2 rings (SSSR count). The monoisotopic (exact) mass is 246 g/mol. The molecular weight excluding hydrogens is 232 g/mol. The number of rotatable bonds is 3. The maximum absolute atomic E-state index is 5.68. The fourth-order valence-electron chi connectivity index (χ4n) is 1.56. The zero-order valence-electron chi connectivity index (χ0n) is 9.79. The third-order valence-electron chi connectivity index (χ3n) is 2.52. The van der Waals surface area contributed by atoms with Gasteiger partial charge in [-0.1, -0.05) is 49.0 Å². The van der Waals surface area contributed by atoms with Crippen molar-refractivity contribution in [2.24, 2.45) is 0 Å². The first-order chi connectivity index (χ1) is 8.20. The number of nitrogens with zero attached hydrogens (tertiary/aromatic N) is 3. The fourth-order valence-corrected chi connectivity index (χ4v) is 1.93. The van der Waals surface area contributed by atoms with E-state index in [1.165, 1.54) is 17.3 Å². The van der Waals surface area contributed by atoms with E-state index in [4.69, 9.17) is 5.73 Å². The predicted molar refractivity (Wildman–Crippen MR) is 70.0 cm³/mol. The van der Waals surface area contributed by atoms with Gasteiger partial charge in [0.05, 0.1) is 0 Å². The molecule has 1 heterocycles. The Bertz CT molecular complexity index is 501. The summed E-state index contributed by atoms with van der Waals surface area (Å²) in [6.07, 6.45) is 1.92. The number of hydrogen-bond donors (Lipinski definition) is 1. The molecule has 1 aromatic heterocycles. The first-order valence-corrected chi connectivity index (χ1v) is 6.53. The summed E-state index contributed by atoms with van der Waals surface area (Å²) in [5.41, 5.74) is 6.85. The number of benzene rings is 1. The van der Waals surface area contributed by atoms with Crippen molar-refractivity contribution in [2.45, 2.75) is 18.0 Å². The zero-order chi connectivity index (χ0) is 12.3. The lowest BCUT2D eigenvalue weighted by atomic mass is 10.0. The highest BCUT2D eigenvalue weighted by Crippen LogP contribution is 2.22. The van der Waals surface area contributed by atoms with Crippen LogP contribution in [0.4, 0.5) is 5.95 Å². The molecule has 0 aliphatic rings. The van der Waals surface area contributed by atoms with Crippen LogP contribution in [-0.4, -0.2) is 21.2 Å². The average Bonchev–Trinajstić information content (AvgIpc) is 2.38. The molecule has 0 spiro atoms. The first-order valence-electron chi connectivity index (χ1n) is 5.31. The van der Waals surface area contributed by atoms with Crippen LogP contribution in [0.1, 0.15) is 24.2 Å². The van der Waals surface area contributed by atoms with Gasteiger partial charge in [0, 0.05) is 5.92 Å². The normalized spacial score (nSPS) is 12.4. The molecule has 0 bridgehead atoms. The van der Waals surface area contributed by atoms with Crippen LogP contribution in [0.5, 0.6) is 0 Å². The minimum absolute atomic E-state index is 0.118. The summed E-state index contributed by atoms with van der Waals surface area (Å²) < 4.78 is 0. The molecule has 0 amide bonds. The van der Waals surface area contributed by atoms with Crippen LogP contribution in [0.25, 0.3) is 0 Å². The molecule has 2 aromatic rings. The van der Waals surface area contributed by atoms with Gasteiger partial charge in [0.1, 0.15) is 5.82 Å². The maximum atomic E-state index is 5.68. The zero-order valence-corrected chi connectivity index (χ0v) is 10.6. The SMILES string of the molecule is CSc1nc(N)nc(C(C)c2ccccc2)n1. The van der Waals surface area contributed by atoms with E-state index in [1.807, 2.05) is 24.5 Å². The van der Waals surface area contributed by atoms with Gasteiger partial charge in [0.2, 0.25) is 5.95 Å². The summed E-state index contributed by atoms with van der Waals surface area (Å²) in [6.45, 7) is 2.06. The number of hydrogen-bond acceptors (Lipinski definition) is 5. The van der Waals surface area contributed by atoms with E-state index in [9.17, 15) is 0 Å². The van der Waals surface area contributed by atoms with Gasteiger partial charge < -0.3 is 5.73 Å². The number of nitrogens with two attached hydrogens (primary N) is 1. The predicted octanol–water partition coefficient (Wildman–Crippen LogP) is 2.33. The van der Waals surface area contributed by atoms with Crippen molar-refractivity contribution in [3.63, 3.8) is 0 Å². The first kappa shape index (κ1) is 11.9. The minimum atomic E-state index is 0.118. The Balaban J connectivity index is 2.37. The van der Waals surface area contributed by atoms with Crippen molar-refractivity contribution >= 4 is 17.7 Å². The molecule has 5 heteroatoms. The van der Waals surface area contributed by atoms with Gasteiger partial charge in [0.15, 0.2) is 5.16 Å². The molecule has 4 nitrogen and oxygen atoms in total. The summed E-state index contributed by atoms with van der Waals surface area (Å²) in [7, 11) is 0. The van der Waals surface area contributed by atoms with Crippen molar-refractivity contribution < 1.29 is 0 Å². The Morgan fingerprint density at radius 1 is 1.12 bits per heavy atom. The van der Waals surface area contributed by atoms with Gasteiger partial charge in [-0.3, -0.25) is 0 Å². The van der Waals surface area contributed by atoms with Crippen LogP contribution >= 0.6 is 11.8 Å². The minimum Gasteiger partial charge on any atom is -0.368 e. The van der Waals surface area contributed by atoms with E-state index in [0.29, 0.717) is 11.0 Å². The molecule has 2 N–H and O–H groups in total. The highest BCUT2D eigenvalue weighted by Gasteiger charge is 2.13. The topological polar surface area (TPSA) is 64.7 Å². The summed E-state index contributed by atoms with van der Waals surface area (Å²) in [4.78, 5) is 12.6. The number of aromatic nitrogens is 3. The van der Waals surface area contributed by atoms with Crippen LogP contribution in [0.2, 0.25) is 0 Å². The lowest BCUT2D eigenvalue weighted by Crippen LogP contribution is -2.08. The highest BCUT2D eigenvalue weighted by atomic mass is 32.2. The van der Waals surface area contributed by atoms with E-state index in [1.54, 1.807) is 0 Å².